The van der Waals surface area contributed by atoms with E-state index in [1.165, 1.54) is 7.11 Å². The smallest absolute Gasteiger partial charge is 0.182 e. The highest BCUT2D eigenvalue weighted by Gasteiger charge is 2.07. The maximum atomic E-state index is 8.81. The predicted molar refractivity (Wildman–Crippen MR) is 40.2 cm³/mol. The Morgan fingerprint density at radius 1 is 1.27 bits per heavy atom. The molecule has 0 spiro atoms. The monoisotopic (exact) mass is 154 g/mol. The normalized spacial score (nSPS) is 10.2. The van der Waals surface area contributed by atoms with Crippen molar-refractivity contribution in [1.29, 1.82) is 0 Å². The molecule has 1 aromatic rings. The lowest BCUT2D eigenvalue weighted by atomic mass is 10.2. The minimum absolute atomic E-state index is 0.384. The SMILES string of the molecule is COc1ccccc1C(O)O. The van der Waals surface area contributed by atoms with Gasteiger partial charge in [0.2, 0.25) is 0 Å². The molecule has 0 aliphatic rings. The third-order valence-corrected chi connectivity index (χ3v) is 1.42. The van der Waals surface area contributed by atoms with Crippen LogP contribution in [0.1, 0.15) is 11.9 Å². The summed E-state index contributed by atoms with van der Waals surface area (Å²) in [7, 11) is 1.49. The summed E-state index contributed by atoms with van der Waals surface area (Å²) < 4.78 is 4.89. The molecule has 0 atom stereocenters. The van der Waals surface area contributed by atoms with Crippen molar-refractivity contribution in [3.8, 4) is 5.75 Å². The summed E-state index contributed by atoms with van der Waals surface area (Å²) >= 11 is 0. The molecule has 1 aromatic carbocycles. The molecule has 0 aliphatic heterocycles. The number of methoxy groups -OCH3 is 1. The average molecular weight is 154 g/mol. The molecule has 2 N–H and O–H groups in total. The first-order valence-corrected chi connectivity index (χ1v) is 3.24. The molecule has 0 amide bonds. The zero-order valence-corrected chi connectivity index (χ0v) is 6.19. The largest absolute Gasteiger partial charge is 0.496 e. The molecule has 3 heteroatoms. The lowest BCUT2D eigenvalue weighted by molar-refractivity contribution is -0.0439. The Labute approximate surface area is 64.9 Å². The van der Waals surface area contributed by atoms with Gasteiger partial charge in [-0.25, -0.2) is 0 Å². The zero-order valence-electron chi connectivity index (χ0n) is 6.19. The van der Waals surface area contributed by atoms with Gasteiger partial charge in [-0.3, -0.25) is 0 Å². The minimum atomic E-state index is -1.47. The van der Waals surface area contributed by atoms with Crippen LogP contribution in [0.5, 0.6) is 5.75 Å². The predicted octanol–water partition coefficient (Wildman–Crippen LogP) is 0.678. The van der Waals surface area contributed by atoms with Gasteiger partial charge in [-0.2, -0.15) is 0 Å². The van der Waals surface area contributed by atoms with E-state index in [-0.39, 0.29) is 0 Å². The van der Waals surface area contributed by atoms with Crippen LogP contribution in [0.4, 0.5) is 0 Å². The highest BCUT2D eigenvalue weighted by Crippen LogP contribution is 2.22. The van der Waals surface area contributed by atoms with E-state index in [0.717, 1.165) is 0 Å². The molecule has 0 bridgehead atoms. The molecule has 0 unspecified atom stereocenters. The average Bonchev–Trinajstić information content (AvgIpc) is 2.04. The van der Waals surface area contributed by atoms with Crippen LogP contribution in [0.3, 0.4) is 0 Å². The fourth-order valence-corrected chi connectivity index (χ4v) is 0.880. The van der Waals surface area contributed by atoms with Crippen molar-refractivity contribution in [2.24, 2.45) is 0 Å². The molecule has 0 radical (unpaired) electrons. The van der Waals surface area contributed by atoms with Crippen molar-refractivity contribution < 1.29 is 14.9 Å². The molecular formula is C8H10O3. The first-order valence-electron chi connectivity index (χ1n) is 3.24. The van der Waals surface area contributed by atoms with Crippen molar-refractivity contribution in [2.75, 3.05) is 7.11 Å². The number of para-hydroxylation sites is 1. The lowest BCUT2D eigenvalue weighted by Crippen LogP contribution is -1.97. The van der Waals surface area contributed by atoms with E-state index in [4.69, 9.17) is 14.9 Å². The number of benzene rings is 1. The van der Waals surface area contributed by atoms with Crippen molar-refractivity contribution in [3.63, 3.8) is 0 Å². The van der Waals surface area contributed by atoms with Gasteiger partial charge in [0, 0.05) is 5.56 Å². The van der Waals surface area contributed by atoms with E-state index in [0.29, 0.717) is 11.3 Å². The van der Waals surface area contributed by atoms with Crippen LogP contribution in [-0.4, -0.2) is 17.3 Å². The van der Waals surface area contributed by atoms with Crippen molar-refractivity contribution >= 4 is 0 Å². The Hall–Kier alpha value is -1.06. The highest BCUT2D eigenvalue weighted by atomic mass is 16.5. The van der Waals surface area contributed by atoms with Gasteiger partial charge < -0.3 is 14.9 Å². The van der Waals surface area contributed by atoms with Crippen molar-refractivity contribution in [1.82, 2.24) is 0 Å². The fourth-order valence-electron chi connectivity index (χ4n) is 0.880. The van der Waals surface area contributed by atoms with E-state index in [9.17, 15) is 0 Å². The summed E-state index contributed by atoms with van der Waals surface area (Å²) in [6.07, 6.45) is -1.47. The van der Waals surface area contributed by atoms with Crippen LogP contribution in [0.15, 0.2) is 24.3 Å². The van der Waals surface area contributed by atoms with Crippen molar-refractivity contribution in [2.45, 2.75) is 6.29 Å². The third kappa shape index (κ3) is 1.69. The first-order chi connectivity index (χ1) is 5.25. The number of aliphatic hydroxyl groups excluding tert-OH is 1. The van der Waals surface area contributed by atoms with Gasteiger partial charge in [0.25, 0.3) is 0 Å². The van der Waals surface area contributed by atoms with Crippen LogP contribution in [0, 0.1) is 0 Å². The third-order valence-electron chi connectivity index (χ3n) is 1.42. The second-order valence-corrected chi connectivity index (χ2v) is 2.12. The molecule has 0 heterocycles. The van der Waals surface area contributed by atoms with Crippen LogP contribution >= 0.6 is 0 Å². The summed E-state index contributed by atoms with van der Waals surface area (Å²) in [6, 6.07) is 6.76. The Kier molecular flexibility index (Phi) is 2.46. The van der Waals surface area contributed by atoms with Crippen molar-refractivity contribution in [3.05, 3.63) is 29.8 Å². The van der Waals surface area contributed by atoms with E-state index < -0.39 is 6.29 Å². The van der Waals surface area contributed by atoms with E-state index in [1.54, 1.807) is 24.3 Å². The van der Waals surface area contributed by atoms with Gasteiger partial charge in [0.15, 0.2) is 6.29 Å². The Balaban J connectivity index is 3.02. The summed E-state index contributed by atoms with van der Waals surface area (Å²) in [5, 5.41) is 17.6. The quantitative estimate of drug-likeness (QED) is 0.616. The van der Waals surface area contributed by atoms with Gasteiger partial charge >= 0.3 is 0 Å². The second kappa shape index (κ2) is 3.37. The summed E-state index contributed by atoms with van der Waals surface area (Å²) in [5.41, 5.74) is 0.384. The fraction of sp³-hybridized carbons (Fsp3) is 0.250. The summed E-state index contributed by atoms with van der Waals surface area (Å²) in [6.45, 7) is 0. The number of hydrogen-bond acceptors (Lipinski definition) is 3. The van der Waals surface area contributed by atoms with Gasteiger partial charge in [-0.15, -0.1) is 0 Å². The Morgan fingerprint density at radius 3 is 2.36 bits per heavy atom. The number of aliphatic hydroxyl groups is 2. The summed E-state index contributed by atoms with van der Waals surface area (Å²) in [5.74, 6) is 0.488. The molecule has 0 aromatic heterocycles. The highest BCUT2D eigenvalue weighted by molar-refractivity contribution is 5.33. The van der Waals surface area contributed by atoms with Crippen LogP contribution in [0.2, 0.25) is 0 Å². The molecule has 0 saturated heterocycles. The minimum Gasteiger partial charge on any atom is -0.496 e. The zero-order chi connectivity index (χ0) is 8.27. The maximum Gasteiger partial charge on any atom is 0.182 e. The molecular weight excluding hydrogens is 144 g/mol. The van der Waals surface area contributed by atoms with Gasteiger partial charge in [0.1, 0.15) is 5.75 Å². The van der Waals surface area contributed by atoms with E-state index in [1.807, 2.05) is 0 Å². The lowest BCUT2D eigenvalue weighted by Gasteiger charge is -2.08. The molecule has 1 rings (SSSR count). The van der Waals surface area contributed by atoms with E-state index >= 15 is 0 Å². The number of ether oxygens (including phenoxy) is 1. The summed E-state index contributed by atoms with van der Waals surface area (Å²) in [4.78, 5) is 0. The topological polar surface area (TPSA) is 49.7 Å². The molecule has 11 heavy (non-hydrogen) atoms. The molecule has 0 aliphatic carbocycles. The van der Waals surface area contributed by atoms with Crippen LogP contribution in [0.25, 0.3) is 0 Å². The standard InChI is InChI=1S/C8H10O3/c1-11-7-5-3-2-4-6(7)8(9)10/h2-5,8-10H,1H3. The Morgan fingerprint density at radius 2 is 1.91 bits per heavy atom. The maximum absolute atomic E-state index is 8.81. The number of hydrogen-bond donors (Lipinski definition) is 2. The van der Waals surface area contributed by atoms with Gasteiger partial charge in [-0.1, -0.05) is 18.2 Å². The van der Waals surface area contributed by atoms with Crippen LogP contribution < -0.4 is 4.74 Å². The Bertz CT molecular complexity index is 233. The van der Waals surface area contributed by atoms with E-state index in [2.05, 4.69) is 0 Å². The van der Waals surface area contributed by atoms with Gasteiger partial charge in [0.05, 0.1) is 7.11 Å². The molecule has 0 saturated carbocycles. The molecule has 0 fully saturated rings. The second-order valence-electron chi connectivity index (χ2n) is 2.12. The number of rotatable bonds is 2. The molecule has 60 valence electrons. The van der Waals surface area contributed by atoms with Gasteiger partial charge in [-0.05, 0) is 6.07 Å². The van der Waals surface area contributed by atoms with Crippen LogP contribution in [-0.2, 0) is 0 Å². The molecule has 3 nitrogen and oxygen atoms in total. The first kappa shape index (κ1) is 8.04.